The van der Waals surface area contributed by atoms with Crippen molar-refractivity contribution in [3.8, 4) is 11.6 Å². The smallest absolute Gasteiger partial charge is 0.241 e. The number of carbonyl (C=O) groups excluding carboxylic acids is 1. The molecule has 1 amide bonds. The lowest BCUT2D eigenvalue weighted by molar-refractivity contribution is -0.119. The van der Waals surface area contributed by atoms with Crippen molar-refractivity contribution in [2.24, 2.45) is 11.7 Å². The number of aromatic nitrogens is 1. The average Bonchev–Trinajstić information content (AvgIpc) is 2.65. The first-order chi connectivity index (χ1) is 12.1. The number of nitrogens with one attached hydrogen (secondary N) is 1. The van der Waals surface area contributed by atoms with Gasteiger partial charge in [0.25, 0.3) is 0 Å². The molecule has 6 nitrogen and oxygen atoms in total. The van der Waals surface area contributed by atoms with E-state index in [1.807, 2.05) is 31.2 Å². The number of rotatable bonds is 5. The maximum atomic E-state index is 12.3. The van der Waals surface area contributed by atoms with Crippen molar-refractivity contribution in [3.63, 3.8) is 0 Å². The summed E-state index contributed by atoms with van der Waals surface area (Å²) in [4.78, 5) is 16.5. The molecule has 1 aromatic heterocycles. The quantitative estimate of drug-likeness (QED) is 0.873. The molecule has 1 aromatic carbocycles. The number of hydrogen-bond acceptors (Lipinski definition) is 5. The molecule has 0 aliphatic carbocycles. The number of benzene rings is 1. The number of amides is 1. The van der Waals surface area contributed by atoms with Gasteiger partial charge in [-0.15, -0.1) is 0 Å². The van der Waals surface area contributed by atoms with E-state index in [1.54, 1.807) is 18.3 Å². The van der Waals surface area contributed by atoms with Gasteiger partial charge in [-0.1, -0.05) is 17.7 Å². The molecule has 0 spiro atoms. The largest absolute Gasteiger partial charge is 0.439 e. The second-order valence-electron chi connectivity index (χ2n) is 6.27. The molecule has 2 aromatic rings. The fourth-order valence-electron chi connectivity index (χ4n) is 2.76. The van der Waals surface area contributed by atoms with E-state index in [4.69, 9.17) is 15.2 Å². The fourth-order valence-corrected chi connectivity index (χ4v) is 2.76. The minimum Gasteiger partial charge on any atom is -0.439 e. The predicted octanol–water partition coefficient (Wildman–Crippen LogP) is 2.87. The second-order valence-corrected chi connectivity index (χ2v) is 6.27. The minimum absolute atomic E-state index is 0.158. The van der Waals surface area contributed by atoms with E-state index in [-0.39, 0.29) is 11.8 Å². The van der Waals surface area contributed by atoms with Crippen molar-refractivity contribution in [2.45, 2.75) is 25.8 Å². The van der Waals surface area contributed by atoms with Crippen LogP contribution in [0.4, 0.5) is 5.69 Å². The Hall–Kier alpha value is -2.44. The zero-order valence-electron chi connectivity index (χ0n) is 14.3. The van der Waals surface area contributed by atoms with Gasteiger partial charge in [-0.05, 0) is 43.9 Å². The van der Waals surface area contributed by atoms with E-state index in [0.717, 1.165) is 18.6 Å². The molecule has 1 saturated heterocycles. The summed E-state index contributed by atoms with van der Waals surface area (Å²) in [6.45, 7) is 3.35. The van der Waals surface area contributed by atoms with Gasteiger partial charge in [-0.2, -0.15) is 0 Å². The number of carbonyl (C=O) groups is 1. The van der Waals surface area contributed by atoms with E-state index in [2.05, 4.69) is 10.3 Å². The number of nitrogens with zero attached hydrogens (tertiary/aromatic N) is 1. The Morgan fingerprint density at radius 1 is 1.24 bits per heavy atom. The Morgan fingerprint density at radius 3 is 2.60 bits per heavy atom. The Balaban J connectivity index is 1.56. The summed E-state index contributed by atoms with van der Waals surface area (Å²) < 4.78 is 11.0. The Morgan fingerprint density at radius 2 is 1.96 bits per heavy atom. The van der Waals surface area contributed by atoms with Crippen molar-refractivity contribution in [3.05, 3.63) is 48.2 Å². The van der Waals surface area contributed by atoms with Crippen molar-refractivity contribution in [2.75, 3.05) is 18.5 Å². The van der Waals surface area contributed by atoms with Gasteiger partial charge < -0.3 is 20.5 Å². The summed E-state index contributed by atoms with van der Waals surface area (Å²) >= 11 is 0. The van der Waals surface area contributed by atoms with Gasteiger partial charge in [0.05, 0.1) is 17.9 Å². The standard InChI is InChI=1S/C19H23N3O3/c1-13-2-5-16(6-3-13)25-17-7-4-15(12-21-17)22-19(23)18(20)14-8-10-24-11-9-14/h2-7,12,14,18H,8-11,20H2,1H3,(H,22,23). The van der Waals surface area contributed by atoms with Crippen LogP contribution in [0.5, 0.6) is 11.6 Å². The topological polar surface area (TPSA) is 86.5 Å². The molecule has 25 heavy (non-hydrogen) atoms. The SMILES string of the molecule is Cc1ccc(Oc2ccc(NC(=O)C(N)C3CCOCC3)cn2)cc1. The summed E-state index contributed by atoms with van der Waals surface area (Å²) in [7, 11) is 0. The molecule has 2 heterocycles. The highest BCUT2D eigenvalue weighted by Crippen LogP contribution is 2.22. The van der Waals surface area contributed by atoms with Crippen LogP contribution in [-0.4, -0.2) is 30.1 Å². The van der Waals surface area contributed by atoms with Crippen LogP contribution >= 0.6 is 0 Å². The molecule has 3 rings (SSSR count). The fraction of sp³-hybridized carbons (Fsp3) is 0.368. The van der Waals surface area contributed by atoms with Crippen LogP contribution in [0, 0.1) is 12.8 Å². The van der Waals surface area contributed by atoms with Crippen molar-refractivity contribution in [1.29, 1.82) is 0 Å². The van der Waals surface area contributed by atoms with E-state index in [9.17, 15) is 4.79 Å². The molecular weight excluding hydrogens is 318 g/mol. The summed E-state index contributed by atoms with van der Waals surface area (Å²) in [6, 6.07) is 10.7. The zero-order chi connectivity index (χ0) is 17.6. The zero-order valence-corrected chi connectivity index (χ0v) is 14.3. The molecule has 1 unspecified atom stereocenters. The van der Waals surface area contributed by atoms with Crippen molar-refractivity contribution in [1.82, 2.24) is 4.98 Å². The molecule has 132 valence electrons. The van der Waals surface area contributed by atoms with Crippen LogP contribution in [0.2, 0.25) is 0 Å². The van der Waals surface area contributed by atoms with Crippen LogP contribution < -0.4 is 15.8 Å². The molecular formula is C19H23N3O3. The first kappa shape index (κ1) is 17.4. The number of nitrogens with two attached hydrogens (primary N) is 1. The van der Waals surface area contributed by atoms with E-state index in [1.165, 1.54) is 5.56 Å². The van der Waals surface area contributed by atoms with Crippen LogP contribution in [0.1, 0.15) is 18.4 Å². The van der Waals surface area contributed by atoms with Crippen molar-refractivity contribution >= 4 is 11.6 Å². The van der Waals surface area contributed by atoms with Crippen LogP contribution in [-0.2, 0) is 9.53 Å². The first-order valence-electron chi connectivity index (χ1n) is 8.46. The molecule has 3 N–H and O–H groups in total. The molecule has 1 aliphatic rings. The lowest BCUT2D eigenvalue weighted by atomic mass is 9.92. The monoisotopic (exact) mass is 341 g/mol. The first-order valence-corrected chi connectivity index (χ1v) is 8.46. The molecule has 1 fully saturated rings. The number of ether oxygens (including phenoxy) is 2. The number of pyridine rings is 1. The molecule has 1 aliphatic heterocycles. The average molecular weight is 341 g/mol. The van der Waals surface area contributed by atoms with Crippen LogP contribution in [0.25, 0.3) is 0 Å². The molecule has 0 saturated carbocycles. The lowest BCUT2D eigenvalue weighted by Gasteiger charge is -2.26. The Bertz CT molecular complexity index is 695. The van der Waals surface area contributed by atoms with Gasteiger partial charge in [0.15, 0.2) is 0 Å². The normalized spacial score (nSPS) is 16.2. The highest BCUT2D eigenvalue weighted by Gasteiger charge is 2.26. The molecule has 6 heteroatoms. The summed E-state index contributed by atoms with van der Waals surface area (Å²) in [5.41, 5.74) is 7.84. The number of aryl methyl sites for hydroxylation is 1. The Labute approximate surface area is 147 Å². The van der Waals surface area contributed by atoms with Gasteiger partial charge in [-0.3, -0.25) is 4.79 Å². The summed E-state index contributed by atoms with van der Waals surface area (Å²) in [6.07, 6.45) is 3.20. The third-order valence-corrected chi connectivity index (χ3v) is 4.32. The number of anilines is 1. The summed E-state index contributed by atoms with van der Waals surface area (Å²) in [5, 5.41) is 2.81. The third kappa shape index (κ3) is 4.78. The van der Waals surface area contributed by atoms with Gasteiger partial charge in [0.2, 0.25) is 11.8 Å². The Kier molecular flexibility index (Phi) is 5.63. The van der Waals surface area contributed by atoms with E-state index < -0.39 is 6.04 Å². The number of hydrogen-bond donors (Lipinski definition) is 2. The van der Waals surface area contributed by atoms with Gasteiger partial charge in [0, 0.05) is 19.3 Å². The lowest BCUT2D eigenvalue weighted by Crippen LogP contribution is -2.44. The van der Waals surface area contributed by atoms with Gasteiger partial charge >= 0.3 is 0 Å². The maximum Gasteiger partial charge on any atom is 0.241 e. The highest BCUT2D eigenvalue weighted by atomic mass is 16.5. The molecule has 1 atom stereocenters. The van der Waals surface area contributed by atoms with E-state index in [0.29, 0.717) is 24.8 Å². The molecule has 0 bridgehead atoms. The van der Waals surface area contributed by atoms with Gasteiger partial charge in [0.1, 0.15) is 5.75 Å². The minimum atomic E-state index is -0.535. The van der Waals surface area contributed by atoms with Crippen LogP contribution in [0.3, 0.4) is 0 Å². The van der Waals surface area contributed by atoms with Crippen molar-refractivity contribution < 1.29 is 14.3 Å². The second kappa shape index (κ2) is 8.09. The highest BCUT2D eigenvalue weighted by molar-refractivity contribution is 5.94. The van der Waals surface area contributed by atoms with Crippen LogP contribution in [0.15, 0.2) is 42.6 Å². The maximum absolute atomic E-state index is 12.3. The molecule has 0 radical (unpaired) electrons. The predicted molar refractivity (Wildman–Crippen MR) is 95.6 cm³/mol. The summed E-state index contributed by atoms with van der Waals surface area (Å²) in [5.74, 6) is 1.15. The van der Waals surface area contributed by atoms with Gasteiger partial charge in [-0.25, -0.2) is 4.98 Å². The van der Waals surface area contributed by atoms with E-state index >= 15 is 0 Å². The third-order valence-electron chi connectivity index (χ3n) is 4.32.